The number of hydrogen-bond acceptors (Lipinski definition) is 3. The van der Waals surface area contributed by atoms with Crippen molar-refractivity contribution in [3.05, 3.63) is 33.5 Å². The molecule has 0 spiro atoms. The molecule has 2 rings (SSSR count). The van der Waals surface area contributed by atoms with E-state index in [0.717, 1.165) is 36.9 Å². The van der Waals surface area contributed by atoms with Crippen molar-refractivity contribution >= 4 is 47.8 Å². The van der Waals surface area contributed by atoms with Gasteiger partial charge >= 0.3 is 0 Å². The van der Waals surface area contributed by atoms with Crippen LogP contribution in [0.15, 0.2) is 24.3 Å². The van der Waals surface area contributed by atoms with Crippen molar-refractivity contribution in [2.45, 2.75) is 19.4 Å². The molecular formula is C13H21Cl3N2S. The standard InChI is InChI=1S/C13H19ClN2S.2ClH/c1-10(2)9-11(12-3-4-13(14)17-12)16-7-5-15-6-8-16;;/h3-4,11,15H,1,5-9H2,2H3;2*1H/t11-;;/m1../s1. The third-order valence-corrected chi connectivity index (χ3v) is 4.39. The molecular weight excluding hydrogens is 323 g/mol. The number of nitrogens with zero attached hydrogens (tertiary/aromatic N) is 1. The molecule has 1 atom stereocenters. The van der Waals surface area contributed by atoms with Crippen LogP contribution in [0.25, 0.3) is 0 Å². The van der Waals surface area contributed by atoms with Crippen LogP contribution in [0.4, 0.5) is 0 Å². The number of rotatable bonds is 4. The molecule has 1 aliphatic heterocycles. The Kier molecular flexibility index (Phi) is 9.33. The van der Waals surface area contributed by atoms with E-state index in [4.69, 9.17) is 11.6 Å². The summed E-state index contributed by atoms with van der Waals surface area (Å²) in [6.07, 6.45) is 1.02. The summed E-state index contributed by atoms with van der Waals surface area (Å²) in [6, 6.07) is 4.60. The van der Waals surface area contributed by atoms with E-state index in [9.17, 15) is 0 Å². The first-order valence-corrected chi connectivity index (χ1v) is 7.20. The van der Waals surface area contributed by atoms with E-state index < -0.39 is 0 Å². The maximum absolute atomic E-state index is 6.05. The summed E-state index contributed by atoms with van der Waals surface area (Å²) < 4.78 is 0.877. The SMILES string of the molecule is C=C(C)C[C@H](c1ccc(Cl)s1)N1CCNCC1.Cl.Cl. The van der Waals surface area contributed by atoms with Crippen LogP contribution in [0, 0.1) is 0 Å². The number of piperazine rings is 1. The van der Waals surface area contributed by atoms with Gasteiger partial charge in [-0.1, -0.05) is 17.2 Å². The Bertz CT molecular complexity index is 389. The van der Waals surface area contributed by atoms with E-state index in [1.54, 1.807) is 11.3 Å². The van der Waals surface area contributed by atoms with Gasteiger partial charge < -0.3 is 5.32 Å². The Hall–Kier alpha value is 0.230. The van der Waals surface area contributed by atoms with Crippen molar-refractivity contribution in [1.29, 1.82) is 0 Å². The Morgan fingerprint density at radius 3 is 2.53 bits per heavy atom. The zero-order chi connectivity index (χ0) is 12.3. The second kappa shape index (κ2) is 9.22. The minimum absolute atomic E-state index is 0. The van der Waals surface area contributed by atoms with Gasteiger partial charge in [-0.3, -0.25) is 4.90 Å². The molecule has 6 heteroatoms. The molecule has 0 amide bonds. The highest BCUT2D eigenvalue weighted by Crippen LogP contribution is 2.34. The molecule has 0 bridgehead atoms. The monoisotopic (exact) mass is 342 g/mol. The highest BCUT2D eigenvalue weighted by molar-refractivity contribution is 7.16. The molecule has 0 radical (unpaired) electrons. The molecule has 19 heavy (non-hydrogen) atoms. The number of nitrogens with one attached hydrogen (secondary N) is 1. The summed E-state index contributed by atoms with van der Waals surface area (Å²) in [6.45, 7) is 10.5. The molecule has 1 N–H and O–H groups in total. The molecule has 0 unspecified atom stereocenters. The molecule has 110 valence electrons. The number of hydrogen-bond donors (Lipinski definition) is 1. The lowest BCUT2D eigenvalue weighted by atomic mass is 10.0. The second-order valence-electron chi connectivity index (χ2n) is 4.60. The van der Waals surface area contributed by atoms with Gasteiger partial charge in [0.05, 0.1) is 4.34 Å². The topological polar surface area (TPSA) is 15.3 Å². The molecule has 1 aromatic rings. The first-order valence-electron chi connectivity index (χ1n) is 6.01. The lowest BCUT2D eigenvalue weighted by Gasteiger charge is -2.34. The quantitative estimate of drug-likeness (QED) is 0.826. The number of thiophene rings is 1. The summed E-state index contributed by atoms with van der Waals surface area (Å²) in [5.41, 5.74) is 1.23. The minimum Gasteiger partial charge on any atom is -0.314 e. The van der Waals surface area contributed by atoms with Crippen LogP contribution >= 0.6 is 47.8 Å². The van der Waals surface area contributed by atoms with Gasteiger partial charge in [0.2, 0.25) is 0 Å². The third-order valence-electron chi connectivity index (χ3n) is 3.06. The second-order valence-corrected chi connectivity index (χ2v) is 6.35. The lowest BCUT2D eigenvalue weighted by Crippen LogP contribution is -2.45. The summed E-state index contributed by atoms with van der Waals surface area (Å²) in [5, 5.41) is 3.39. The van der Waals surface area contributed by atoms with Crippen molar-refractivity contribution in [2.24, 2.45) is 0 Å². The Morgan fingerprint density at radius 1 is 1.42 bits per heavy atom. The smallest absolute Gasteiger partial charge is 0.0931 e. The number of halogens is 3. The van der Waals surface area contributed by atoms with E-state index in [-0.39, 0.29) is 24.8 Å². The lowest BCUT2D eigenvalue weighted by molar-refractivity contribution is 0.175. The molecule has 0 aromatic carbocycles. The predicted molar refractivity (Wildman–Crippen MR) is 90.4 cm³/mol. The average molecular weight is 344 g/mol. The first-order chi connectivity index (χ1) is 8.16. The molecule has 2 heterocycles. The molecule has 0 saturated carbocycles. The third kappa shape index (κ3) is 5.62. The molecule has 1 aromatic heterocycles. The minimum atomic E-state index is 0. The van der Waals surface area contributed by atoms with Crippen LogP contribution in [-0.4, -0.2) is 31.1 Å². The van der Waals surface area contributed by atoms with E-state index in [0.29, 0.717) is 6.04 Å². The first kappa shape index (κ1) is 19.2. The van der Waals surface area contributed by atoms with Crippen LogP contribution in [0.5, 0.6) is 0 Å². The zero-order valence-corrected chi connectivity index (χ0v) is 14.2. The molecule has 1 aliphatic rings. The van der Waals surface area contributed by atoms with Gasteiger partial charge in [-0.15, -0.1) is 42.7 Å². The highest BCUT2D eigenvalue weighted by atomic mass is 35.5. The largest absolute Gasteiger partial charge is 0.314 e. The molecule has 2 nitrogen and oxygen atoms in total. The Labute approximate surface area is 137 Å². The summed E-state index contributed by atoms with van der Waals surface area (Å²) >= 11 is 7.74. The maximum Gasteiger partial charge on any atom is 0.0931 e. The van der Waals surface area contributed by atoms with E-state index in [1.165, 1.54) is 10.5 Å². The molecule has 1 fully saturated rings. The fourth-order valence-corrected chi connectivity index (χ4v) is 3.44. The van der Waals surface area contributed by atoms with Crippen molar-refractivity contribution in [3.63, 3.8) is 0 Å². The van der Waals surface area contributed by atoms with Gasteiger partial charge in [-0.25, -0.2) is 0 Å². The fraction of sp³-hybridized carbons (Fsp3) is 0.538. The summed E-state index contributed by atoms with van der Waals surface area (Å²) in [4.78, 5) is 3.90. The predicted octanol–water partition coefficient (Wildman–Crippen LogP) is 4.16. The van der Waals surface area contributed by atoms with Crippen LogP contribution in [-0.2, 0) is 0 Å². The molecule has 0 aliphatic carbocycles. The van der Waals surface area contributed by atoms with E-state index >= 15 is 0 Å². The van der Waals surface area contributed by atoms with Gasteiger partial charge in [0, 0.05) is 37.1 Å². The highest BCUT2D eigenvalue weighted by Gasteiger charge is 2.23. The van der Waals surface area contributed by atoms with Crippen molar-refractivity contribution in [3.8, 4) is 0 Å². The summed E-state index contributed by atoms with van der Waals surface area (Å²) in [7, 11) is 0. The van der Waals surface area contributed by atoms with E-state index in [2.05, 4.69) is 29.8 Å². The van der Waals surface area contributed by atoms with Gasteiger partial charge in [-0.05, 0) is 25.5 Å². The molecule has 1 saturated heterocycles. The van der Waals surface area contributed by atoms with E-state index in [1.807, 2.05) is 6.07 Å². The van der Waals surface area contributed by atoms with Crippen molar-refractivity contribution in [1.82, 2.24) is 10.2 Å². The van der Waals surface area contributed by atoms with Crippen LogP contribution in [0.1, 0.15) is 24.3 Å². The Morgan fingerprint density at radius 2 is 2.05 bits per heavy atom. The van der Waals surface area contributed by atoms with Gasteiger partial charge in [0.15, 0.2) is 0 Å². The van der Waals surface area contributed by atoms with Gasteiger partial charge in [0.25, 0.3) is 0 Å². The van der Waals surface area contributed by atoms with Crippen molar-refractivity contribution < 1.29 is 0 Å². The Balaban J connectivity index is 0.00000162. The van der Waals surface area contributed by atoms with Gasteiger partial charge in [0.1, 0.15) is 0 Å². The van der Waals surface area contributed by atoms with Gasteiger partial charge in [-0.2, -0.15) is 0 Å². The van der Waals surface area contributed by atoms with Crippen molar-refractivity contribution in [2.75, 3.05) is 26.2 Å². The summed E-state index contributed by atoms with van der Waals surface area (Å²) in [5.74, 6) is 0. The fourth-order valence-electron chi connectivity index (χ4n) is 2.24. The zero-order valence-electron chi connectivity index (χ0n) is 11.0. The normalized spacial score (nSPS) is 17.2. The van der Waals surface area contributed by atoms with Crippen LogP contribution in [0.3, 0.4) is 0 Å². The average Bonchev–Trinajstić information content (AvgIpc) is 2.73. The van der Waals surface area contributed by atoms with Crippen LogP contribution < -0.4 is 5.32 Å². The van der Waals surface area contributed by atoms with Crippen LogP contribution in [0.2, 0.25) is 4.34 Å². The maximum atomic E-state index is 6.05.